The highest BCUT2D eigenvalue weighted by atomic mass is 15.2. The second kappa shape index (κ2) is 6.78. The fraction of sp³-hybridized carbons (Fsp3) is 0.722. The molecule has 1 aromatic heterocycles. The van der Waals surface area contributed by atoms with Crippen molar-refractivity contribution in [3.63, 3.8) is 0 Å². The maximum Gasteiger partial charge on any atom is 0.131 e. The lowest BCUT2D eigenvalue weighted by Crippen LogP contribution is -2.35. The fourth-order valence-corrected chi connectivity index (χ4v) is 2.77. The minimum absolute atomic E-state index is 0.145. The predicted octanol–water partition coefficient (Wildman–Crippen LogP) is 3.90. The quantitative estimate of drug-likeness (QED) is 0.860. The number of nitrogens with zero attached hydrogens (tertiary/aromatic N) is 2. The average molecular weight is 289 g/mol. The standard InChI is InChI=1S/C18H31N3/c1-6-21(13-15-8-7-9-15)17-14(2)10-16(11-19-17)12-20-18(3,4)5/h10-11,15,20H,6-9,12-13H2,1-5H3. The summed E-state index contributed by atoms with van der Waals surface area (Å²) in [6.07, 6.45) is 6.23. The van der Waals surface area contributed by atoms with Crippen LogP contribution in [0.25, 0.3) is 0 Å². The zero-order chi connectivity index (χ0) is 15.5. The van der Waals surface area contributed by atoms with Crippen molar-refractivity contribution in [1.29, 1.82) is 0 Å². The van der Waals surface area contributed by atoms with Gasteiger partial charge in [-0.05, 0) is 70.6 Å². The van der Waals surface area contributed by atoms with Gasteiger partial charge in [-0.2, -0.15) is 0 Å². The number of hydrogen-bond donors (Lipinski definition) is 1. The van der Waals surface area contributed by atoms with Crippen molar-refractivity contribution in [3.8, 4) is 0 Å². The number of anilines is 1. The van der Waals surface area contributed by atoms with E-state index < -0.39 is 0 Å². The van der Waals surface area contributed by atoms with Crippen molar-refractivity contribution in [2.45, 2.75) is 66.0 Å². The first kappa shape index (κ1) is 16.3. The molecule has 0 spiro atoms. The molecule has 2 rings (SSSR count). The first-order chi connectivity index (χ1) is 9.89. The highest BCUT2D eigenvalue weighted by Crippen LogP contribution is 2.29. The molecule has 0 bridgehead atoms. The number of pyridine rings is 1. The molecule has 118 valence electrons. The van der Waals surface area contributed by atoms with Crippen molar-refractivity contribution < 1.29 is 0 Å². The molecule has 1 aromatic rings. The van der Waals surface area contributed by atoms with Gasteiger partial charge in [-0.15, -0.1) is 0 Å². The Bertz CT molecular complexity index is 458. The van der Waals surface area contributed by atoms with E-state index in [9.17, 15) is 0 Å². The van der Waals surface area contributed by atoms with Gasteiger partial charge in [-0.1, -0.05) is 6.42 Å². The normalized spacial score (nSPS) is 15.9. The zero-order valence-corrected chi connectivity index (χ0v) is 14.4. The Hall–Kier alpha value is -1.09. The van der Waals surface area contributed by atoms with Gasteiger partial charge >= 0.3 is 0 Å². The molecule has 3 heteroatoms. The average Bonchev–Trinajstić information content (AvgIpc) is 2.36. The van der Waals surface area contributed by atoms with E-state index in [0.717, 1.165) is 19.0 Å². The number of aromatic nitrogens is 1. The van der Waals surface area contributed by atoms with E-state index >= 15 is 0 Å². The molecule has 0 radical (unpaired) electrons. The lowest BCUT2D eigenvalue weighted by Gasteiger charge is -2.33. The van der Waals surface area contributed by atoms with E-state index in [1.807, 2.05) is 6.20 Å². The molecule has 1 aliphatic carbocycles. The van der Waals surface area contributed by atoms with Crippen molar-refractivity contribution in [2.75, 3.05) is 18.0 Å². The molecule has 0 atom stereocenters. The molecule has 0 saturated heterocycles. The molecular weight excluding hydrogens is 258 g/mol. The number of hydrogen-bond acceptors (Lipinski definition) is 3. The summed E-state index contributed by atoms with van der Waals surface area (Å²) in [6.45, 7) is 14.1. The van der Waals surface area contributed by atoms with Gasteiger partial charge in [0, 0.05) is 31.4 Å². The van der Waals surface area contributed by atoms with E-state index in [1.165, 1.54) is 42.8 Å². The monoisotopic (exact) mass is 289 g/mol. The maximum atomic E-state index is 4.75. The molecule has 3 nitrogen and oxygen atoms in total. The largest absolute Gasteiger partial charge is 0.356 e. The van der Waals surface area contributed by atoms with E-state index in [4.69, 9.17) is 4.98 Å². The van der Waals surface area contributed by atoms with E-state index in [-0.39, 0.29) is 5.54 Å². The van der Waals surface area contributed by atoms with Crippen LogP contribution in [0.1, 0.15) is 58.1 Å². The highest BCUT2D eigenvalue weighted by molar-refractivity contribution is 5.47. The van der Waals surface area contributed by atoms with E-state index in [0.29, 0.717) is 0 Å². The fourth-order valence-electron chi connectivity index (χ4n) is 2.77. The molecule has 0 aromatic carbocycles. The Kier molecular flexibility index (Phi) is 5.26. The van der Waals surface area contributed by atoms with Crippen LogP contribution >= 0.6 is 0 Å². The molecule has 1 fully saturated rings. The lowest BCUT2D eigenvalue weighted by molar-refractivity contribution is 0.318. The van der Waals surface area contributed by atoms with Crippen LogP contribution in [-0.2, 0) is 6.54 Å². The summed E-state index contributed by atoms with van der Waals surface area (Å²) in [5.41, 5.74) is 2.71. The van der Waals surface area contributed by atoms with Crippen molar-refractivity contribution in [1.82, 2.24) is 10.3 Å². The molecule has 0 unspecified atom stereocenters. The Morgan fingerprint density at radius 1 is 1.33 bits per heavy atom. The van der Waals surface area contributed by atoms with Gasteiger partial charge in [0.2, 0.25) is 0 Å². The van der Waals surface area contributed by atoms with Crippen molar-refractivity contribution in [2.24, 2.45) is 5.92 Å². The highest BCUT2D eigenvalue weighted by Gasteiger charge is 2.21. The lowest BCUT2D eigenvalue weighted by atomic mass is 9.85. The minimum atomic E-state index is 0.145. The summed E-state index contributed by atoms with van der Waals surface area (Å²) in [7, 11) is 0. The summed E-state index contributed by atoms with van der Waals surface area (Å²) >= 11 is 0. The second-order valence-electron chi connectivity index (χ2n) is 7.42. The molecule has 1 aliphatic rings. The topological polar surface area (TPSA) is 28.2 Å². The van der Waals surface area contributed by atoms with Crippen LogP contribution in [0.3, 0.4) is 0 Å². The third kappa shape index (κ3) is 4.70. The van der Waals surface area contributed by atoms with E-state index in [2.05, 4.69) is 50.9 Å². The molecule has 0 amide bonds. The molecular formula is C18H31N3. The zero-order valence-electron chi connectivity index (χ0n) is 14.4. The summed E-state index contributed by atoms with van der Waals surface area (Å²) < 4.78 is 0. The van der Waals surface area contributed by atoms with Gasteiger partial charge in [0.15, 0.2) is 0 Å². The summed E-state index contributed by atoms with van der Waals surface area (Å²) in [5, 5.41) is 3.52. The van der Waals surface area contributed by atoms with Gasteiger partial charge in [0.1, 0.15) is 5.82 Å². The third-order valence-electron chi connectivity index (χ3n) is 4.31. The number of aryl methyl sites for hydroxylation is 1. The summed E-state index contributed by atoms with van der Waals surface area (Å²) in [5.74, 6) is 2.05. The molecule has 1 N–H and O–H groups in total. The predicted molar refractivity (Wildman–Crippen MR) is 90.8 cm³/mol. The smallest absolute Gasteiger partial charge is 0.131 e. The summed E-state index contributed by atoms with van der Waals surface area (Å²) in [4.78, 5) is 7.19. The van der Waals surface area contributed by atoms with E-state index in [1.54, 1.807) is 0 Å². The first-order valence-electron chi connectivity index (χ1n) is 8.34. The Labute approximate surface area is 130 Å². The maximum absolute atomic E-state index is 4.75. The van der Waals surface area contributed by atoms with Crippen LogP contribution < -0.4 is 10.2 Å². The van der Waals surface area contributed by atoms with Crippen LogP contribution in [0.4, 0.5) is 5.82 Å². The minimum Gasteiger partial charge on any atom is -0.356 e. The van der Waals surface area contributed by atoms with Gasteiger partial charge in [0.25, 0.3) is 0 Å². The SMILES string of the molecule is CCN(CC1CCC1)c1ncc(CNC(C)(C)C)cc1C. The van der Waals surface area contributed by atoms with Gasteiger partial charge in [-0.25, -0.2) is 4.98 Å². The second-order valence-corrected chi connectivity index (χ2v) is 7.42. The van der Waals surface area contributed by atoms with Crippen LogP contribution in [-0.4, -0.2) is 23.6 Å². The van der Waals surface area contributed by atoms with Crippen molar-refractivity contribution in [3.05, 3.63) is 23.4 Å². The third-order valence-corrected chi connectivity index (χ3v) is 4.31. The molecule has 1 saturated carbocycles. The molecule has 21 heavy (non-hydrogen) atoms. The number of nitrogens with one attached hydrogen (secondary N) is 1. The Morgan fingerprint density at radius 2 is 2.05 bits per heavy atom. The van der Waals surface area contributed by atoms with Crippen LogP contribution in [0, 0.1) is 12.8 Å². The molecule has 1 heterocycles. The Morgan fingerprint density at radius 3 is 2.52 bits per heavy atom. The molecule has 0 aliphatic heterocycles. The van der Waals surface area contributed by atoms with Crippen molar-refractivity contribution >= 4 is 5.82 Å². The van der Waals surface area contributed by atoms with Crippen LogP contribution in [0.15, 0.2) is 12.3 Å². The number of rotatable bonds is 6. The van der Waals surface area contributed by atoms with Crippen LogP contribution in [0.2, 0.25) is 0 Å². The van der Waals surface area contributed by atoms with Gasteiger partial charge in [0.05, 0.1) is 0 Å². The summed E-state index contributed by atoms with van der Waals surface area (Å²) in [6, 6.07) is 2.28. The van der Waals surface area contributed by atoms with Gasteiger partial charge < -0.3 is 10.2 Å². The van der Waals surface area contributed by atoms with Crippen LogP contribution in [0.5, 0.6) is 0 Å². The van der Waals surface area contributed by atoms with Gasteiger partial charge in [-0.3, -0.25) is 0 Å². The first-order valence-corrected chi connectivity index (χ1v) is 8.34. The Balaban J connectivity index is 2.02.